The van der Waals surface area contributed by atoms with Crippen molar-refractivity contribution in [2.24, 2.45) is 0 Å². The van der Waals surface area contributed by atoms with Crippen LogP contribution in [-0.2, 0) is 0 Å². The maximum absolute atomic E-state index is 4.29. The van der Waals surface area contributed by atoms with Crippen molar-refractivity contribution in [2.45, 2.75) is 33.7 Å². The fourth-order valence-corrected chi connectivity index (χ4v) is 1.36. The van der Waals surface area contributed by atoms with Gasteiger partial charge in [0.1, 0.15) is 0 Å². The van der Waals surface area contributed by atoms with Gasteiger partial charge in [-0.15, -0.1) is 0 Å². The zero-order chi connectivity index (χ0) is 9.30. The molecular weight excluding hydrogens is 148 g/mol. The Kier molecular flexibility index (Phi) is 2.36. The van der Waals surface area contributed by atoms with Crippen molar-refractivity contribution in [1.82, 2.24) is 9.78 Å². The summed E-state index contributed by atoms with van der Waals surface area (Å²) in [6, 6.07) is 0.429. The van der Waals surface area contributed by atoms with Gasteiger partial charge in [-0.05, 0) is 33.3 Å². The first-order valence-corrected chi connectivity index (χ1v) is 4.24. The molecule has 0 fully saturated rings. The van der Waals surface area contributed by atoms with Gasteiger partial charge in [-0.3, -0.25) is 4.68 Å². The van der Waals surface area contributed by atoms with Crippen LogP contribution >= 0.6 is 0 Å². The van der Waals surface area contributed by atoms with E-state index in [4.69, 9.17) is 0 Å². The van der Waals surface area contributed by atoms with Crippen LogP contribution in [0.25, 0.3) is 5.57 Å². The molecule has 0 aromatic carbocycles. The number of rotatable bonds is 2. The Morgan fingerprint density at radius 3 is 2.42 bits per heavy atom. The molecule has 0 bridgehead atoms. The average Bonchev–Trinajstić information content (AvgIpc) is 2.30. The first kappa shape index (κ1) is 9.04. The van der Waals surface area contributed by atoms with Crippen LogP contribution in [-0.4, -0.2) is 9.78 Å². The lowest BCUT2D eigenvalue weighted by atomic mass is 10.1. The Bertz CT molecular complexity index is 295. The molecule has 0 amide bonds. The molecule has 0 atom stereocenters. The van der Waals surface area contributed by atoms with Gasteiger partial charge in [-0.2, -0.15) is 5.10 Å². The smallest absolute Gasteiger partial charge is 0.0567 e. The summed E-state index contributed by atoms with van der Waals surface area (Å²) in [5.41, 5.74) is 3.46. The molecule has 0 aliphatic heterocycles. The Morgan fingerprint density at radius 1 is 1.58 bits per heavy atom. The summed E-state index contributed by atoms with van der Waals surface area (Å²) in [6.07, 6.45) is 1.89. The second-order valence-electron chi connectivity index (χ2n) is 3.46. The third-order valence-electron chi connectivity index (χ3n) is 1.99. The minimum atomic E-state index is 0.429. The van der Waals surface area contributed by atoms with Crippen LogP contribution in [0, 0.1) is 6.92 Å². The van der Waals surface area contributed by atoms with E-state index in [1.807, 2.05) is 17.8 Å². The average molecular weight is 164 g/mol. The summed E-state index contributed by atoms with van der Waals surface area (Å²) in [5.74, 6) is 0. The lowest BCUT2D eigenvalue weighted by molar-refractivity contribution is 0.519. The Balaban J connectivity index is 3.13. The van der Waals surface area contributed by atoms with Gasteiger partial charge in [-0.25, -0.2) is 0 Å². The molecule has 1 aromatic heterocycles. The van der Waals surface area contributed by atoms with Crippen LogP contribution in [0.2, 0.25) is 0 Å². The second kappa shape index (κ2) is 3.13. The Morgan fingerprint density at radius 2 is 2.17 bits per heavy atom. The molecule has 0 N–H and O–H groups in total. The van der Waals surface area contributed by atoms with Crippen LogP contribution in [0.15, 0.2) is 12.8 Å². The van der Waals surface area contributed by atoms with Crippen molar-refractivity contribution < 1.29 is 0 Å². The number of nitrogens with zero attached hydrogens (tertiary/aromatic N) is 2. The van der Waals surface area contributed by atoms with Crippen molar-refractivity contribution >= 4 is 5.57 Å². The van der Waals surface area contributed by atoms with Gasteiger partial charge in [0.05, 0.1) is 6.20 Å². The molecule has 66 valence electrons. The van der Waals surface area contributed by atoms with Crippen molar-refractivity contribution in [3.63, 3.8) is 0 Å². The summed E-state index contributed by atoms with van der Waals surface area (Å²) < 4.78 is 2.02. The summed E-state index contributed by atoms with van der Waals surface area (Å²) in [4.78, 5) is 0. The van der Waals surface area contributed by atoms with Crippen LogP contribution in [0.1, 0.15) is 38.1 Å². The van der Waals surface area contributed by atoms with Crippen LogP contribution < -0.4 is 0 Å². The van der Waals surface area contributed by atoms with E-state index in [0.29, 0.717) is 6.04 Å². The molecule has 0 saturated carbocycles. The molecule has 1 rings (SSSR count). The van der Waals surface area contributed by atoms with E-state index in [9.17, 15) is 0 Å². The predicted octanol–water partition coefficient (Wildman–Crippen LogP) is 2.81. The van der Waals surface area contributed by atoms with E-state index >= 15 is 0 Å². The highest BCUT2D eigenvalue weighted by molar-refractivity contribution is 5.62. The molecule has 12 heavy (non-hydrogen) atoms. The number of aromatic nitrogens is 2. The van der Waals surface area contributed by atoms with Gasteiger partial charge < -0.3 is 0 Å². The molecular formula is C10H16N2. The van der Waals surface area contributed by atoms with Crippen molar-refractivity contribution in [2.75, 3.05) is 0 Å². The third-order valence-corrected chi connectivity index (χ3v) is 1.99. The summed E-state index contributed by atoms with van der Waals surface area (Å²) in [5, 5.41) is 4.29. The zero-order valence-electron chi connectivity index (χ0n) is 8.26. The molecule has 0 spiro atoms. The molecule has 0 saturated heterocycles. The van der Waals surface area contributed by atoms with E-state index in [2.05, 4.69) is 32.4 Å². The summed E-state index contributed by atoms with van der Waals surface area (Å²) in [7, 11) is 0. The van der Waals surface area contributed by atoms with Gasteiger partial charge >= 0.3 is 0 Å². The van der Waals surface area contributed by atoms with Crippen LogP contribution in [0.3, 0.4) is 0 Å². The lowest BCUT2D eigenvalue weighted by Gasteiger charge is -2.08. The zero-order valence-corrected chi connectivity index (χ0v) is 8.26. The summed E-state index contributed by atoms with van der Waals surface area (Å²) >= 11 is 0. The van der Waals surface area contributed by atoms with Crippen LogP contribution in [0.4, 0.5) is 0 Å². The molecule has 1 aromatic rings. The first-order chi connectivity index (χ1) is 5.54. The monoisotopic (exact) mass is 164 g/mol. The van der Waals surface area contributed by atoms with Crippen LogP contribution in [0.5, 0.6) is 0 Å². The predicted molar refractivity (Wildman–Crippen MR) is 52.1 cm³/mol. The van der Waals surface area contributed by atoms with Gasteiger partial charge in [0.15, 0.2) is 0 Å². The third kappa shape index (κ3) is 1.42. The van der Waals surface area contributed by atoms with Crippen molar-refractivity contribution in [3.05, 3.63) is 24.0 Å². The van der Waals surface area contributed by atoms with E-state index in [0.717, 1.165) is 5.57 Å². The Hall–Kier alpha value is -1.05. The molecule has 2 nitrogen and oxygen atoms in total. The standard InChI is InChI=1S/C10H16N2/c1-7(2)10-6-11-12(8(3)4)9(10)5/h6,8H,1H2,2-5H3. The van der Waals surface area contributed by atoms with Gasteiger partial charge in [-0.1, -0.05) is 6.58 Å². The van der Waals surface area contributed by atoms with Crippen molar-refractivity contribution in [3.8, 4) is 0 Å². The molecule has 1 heterocycles. The van der Waals surface area contributed by atoms with Gasteiger partial charge in [0.2, 0.25) is 0 Å². The molecule has 0 aliphatic rings. The maximum atomic E-state index is 4.29. The normalized spacial score (nSPS) is 10.8. The lowest BCUT2D eigenvalue weighted by Crippen LogP contribution is -2.04. The van der Waals surface area contributed by atoms with E-state index in [1.54, 1.807) is 0 Å². The molecule has 0 aliphatic carbocycles. The largest absolute Gasteiger partial charge is 0.267 e. The Labute approximate surface area is 73.9 Å². The van der Waals surface area contributed by atoms with E-state index < -0.39 is 0 Å². The second-order valence-corrected chi connectivity index (χ2v) is 3.46. The SMILES string of the molecule is C=C(C)c1cnn(C(C)C)c1C. The van der Waals surface area contributed by atoms with Gasteiger partial charge in [0, 0.05) is 17.3 Å². The maximum Gasteiger partial charge on any atom is 0.0567 e. The topological polar surface area (TPSA) is 17.8 Å². The molecule has 0 unspecified atom stereocenters. The van der Waals surface area contributed by atoms with Crippen molar-refractivity contribution in [1.29, 1.82) is 0 Å². The summed E-state index contributed by atoms with van der Waals surface area (Å²) in [6.45, 7) is 12.2. The van der Waals surface area contributed by atoms with E-state index in [-0.39, 0.29) is 0 Å². The van der Waals surface area contributed by atoms with E-state index in [1.165, 1.54) is 11.3 Å². The quantitative estimate of drug-likeness (QED) is 0.657. The fraction of sp³-hybridized carbons (Fsp3) is 0.500. The fourth-order valence-electron chi connectivity index (χ4n) is 1.36. The first-order valence-electron chi connectivity index (χ1n) is 4.24. The minimum absolute atomic E-state index is 0.429. The molecule has 0 radical (unpaired) electrons. The van der Waals surface area contributed by atoms with Gasteiger partial charge in [0.25, 0.3) is 0 Å². The highest BCUT2D eigenvalue weighted by atomic mass is 15.3. The number of allylic oxidation sites excluding steroid dienone is 1. The molecule has 2 heteroatoms. The highest BCUT2D eigenvalue weighted by Gasteiger charge is 2.08. The number of hydrogen-bond acceptors (Lipinski definition) is 1. The number of hydrogen-bond donors (Lipinski definition) is 0. The highest BCUT2D eigenvalue weighted by Crippen LogP contribution is 2.18. The minimum Gasteiger partial charge on any atom is -0.267 e.